The number of methoxy groups -OCH3 is 1. The number of aromatic hydroxyl groups is 1. The van der Waals surface area contributed by atoms with Gasteiger partial charge in [-0.1, -0.05) is 60.2 Å². The van der Waals surface area contributed by atoms with Crippen LogP contribution in [-0.2, 0) is 4.74 Å². The lowest BCUT2D eigenvalue weighted by Crippen LogP contribution is -2.07. The molecule has 34 heavy (non-hydrogen) atoms. The Hall–Kier alpha value is -4.12. The zero-order chi connectivity index (χ0) is 24.2. The minimum Gasteiger partial charge on any atom is -0.505 e. The van der Waals surface area contributed by atoms with Gasteiger partial charge < -0.3 is 14.6 Å². The number of aryl methyl sites for hydroxylation is 1. The van der Waals surface area contributed by atoms with Crippen molar-refractivity contribution in [2.75, 3.05) is 13.7 Å². The van der Waals surface area contributed by atoms with Crippen LogP contribution >= 0.6 is 0 Å². The van der Waals surface area contributed by atoms with E-state index < -0.39 is 17.5 Å². The summed E-state index contributed by atoms with van der Waals surface area (Å²) in [6.45, 7) is 4.07. The number of esters is 1. The highest BCUT2D eigenvalue weighted by atomic mass is 19.1. The van der Waals surface area contributed by atoms with Crippen LogP contribution in [0.1, 0.15) is 22.8 Å². The average Bonchev–Trinajstić information content (AvgIpc) is 2.85. The molecule has 0 aliphatic rings. The van der Waals surface area contributed by atoms with Crippen LogP contribution in [0.25, 0.3) is 33.4 Å². The fraction of sp³-hybridized carbons (Fsp3) is 0.138. The van der Waals surface area contributed by atoms with Gasteiger partial charge in [0.05, 0.1) is 19.3 Å². The molecule has 0 radical (unpaired) electrons. The number of hydrogen-bond acceptors (Lipinski definition) is 4. The molecule has 0 aromatic heterocycles. The van der Waals surface area contributed by atoms with Crippen LogP contribution in [0.2, 0.25) is 0 Å². The van der Waals surface area contributed by atoms with Gasteiger partial charge in [0.2, 0.25) is 0 Å². The summed E-state index contributed by atoms with van der Waals surface area (Å²) in [7, 11) is 1.53. The molecule has 172 valence electrons. The Kier molecular flexibility index (Phi) is 6.64. The van der Waals surface area contributed by atoms with Gasteiger partial charge in [-0.15, -0.1) is 0 Å². The van der Waals surface area contributed by atoms with Crippen LogP contribution < -0.4 is 4.74 Å². The molecule has 0 atom stereocenters. The van der Waals surface area contributed by atoms with E-state index in [0.29, 0.717) is 28.0 Å². The second-order valence-corrected chi connectivity index (χ2v) is 7.93. The Labute approximate surface area is 198 Å². The van der Waals surface area contributed by atoms with Gasteiger partial charge in [0.1, 0.15) is 5.75 Å². The number of carbonyl (C=O) groups is 1. The summed E-state index contributed by atoms with van der Waals surface area (Å²) in [5.41, 5.74) is 6.23. The van der Waals surface area contributed by atoms with Crippen molar-refractivity contribution in [1.82, 2.24) is 0 Å². The summed E-state index contributed by atoms with van der Waals surface area (Å²) in [6, 6.07) is 23.5. The van der Waals surface area contributed by atoms with Crippen LogP contribution in [0.5, 0.6) is 11.5 Å². The van der Waals surface area contributed by atoms with Gasteiger partial charge in [-0.05, 0) is 65.9 Å². The van der Waals surface area contributed by atoms with E-state index in [2.05, 4.69) is 0 Å². The molecule has 0 amide bonds. The number of phenols is 1. The molecule has 0 heterocycles. The summed E-state index contributed by atoms with van der Waals surface area (Å²) in [5, 5.41) is 9.50. The summed E-state index contributed by atoms with van der Waals surface area (Å²) in [5.74, 6) is -1.01. The zero-order valence-electron chi connectivity index (χ0n) is 19.3. The predicted octanol–water partition coefficient (Wildman–Crippen LogP) is 7.03. The van der Waals surface area contributed by atoms with E-state index in [1.807, 2.05) is 67.6 Å². The number of hydrogen-bond donors (Lipinski definition) is 1. The fourth-order valence-electron chi connectivity index (χ4n) is 3.87. The minimum absolute atomic E-state index is 0.266. The first kappa shape index (κ1) is 23.1. The maximum atomic E-state index is 13.9. The Morgan fingerprint density at radius 3 is 2.12 bits per heavy atom. The minimum atomic E-state index is -0.708. The predicted molar refractivity (Wildman–Crippen MR) is 132 cm³/mol. The van der Waals surface area contributed by atoms with Crippen molar-refractivity contribution in [2.24, 2.45) is 0 Å². The molecule has 0 bridgehead atoms. The zero-order valence-corrected chi connectivity index (χ0v) is 19.3. The van der Waals surface area contributed by atoms with Crippen LogP contribution in [0.15, 0.2) is 78.9 Å². The van der Waals surface area contributed by atoms with Gasteiger partial charge >= 0.3 is 5.97 Å². The molecule has 0 spiro atoms. The third kappa shape index (κ3) is 4.64. The highest BCUT2D eigenvalue weighted by molar-refractivity contribution is 5.99. The molecular weight excluding hydrogens is 431 g/mol. The van der Waals surface area contributed by atoms with Crippen molar-refractivity contribution in [1.29, 1.82) is 0 Å². The number of phenolic OH excluding ortho intramolecular Hbond substituents is 1. The summed E-state index contributed by atoms with van der Waals surface area (Å²) >= 11 is 0. The largest absolute Gasteiger partial charge is 0.505 e. The van der Waals surface area contributed by atoms with E-state index in [0.717, 1.165) is 22.3 Å². The van der Waals surface area contributed by atoms with Crippen molar-refractivity contribution in [2.45, 2.75) is 13.8 Å². The summed E-state index contributed by atoms with van der Waals surface area (Å²) < 4.78 is 24.8. The lowest BCUT2D eigenvalue weighted by molar-refractivity contribution is 0.0527. The van der Waals surface area contributed by atoms with Gasteiger partial charge in [-0.2, -0.15) is 0 Å². The Morgan fingerprint density at radius 2 is 1.44 bits per heavy atom. The van der Waals surface area contributed by atoms with E-state index in [1.54, 1.807) is 13.0 Å². The summed E-state index contributed by atoms with van der Waals surface area (Å²) in [6.07, 6.45) is 0. The molecule has 0 saturated heterocycles. The Bertz CT molecular complexity index is 1340. The van der Waals surface area contributed by atoms with Crippen molar-refractivity contribution in [3.63, 3.8) is 0 Å². The molecule has 4 rings (SSSR count). The van der Waals surface area contributed by atoms with Crippen molar-refractivity contribution in [3.8, 4) is 44.9 Å². The van der Waals surface area contributed by atoms with E-state index in [1.165, 1.54) is 19.2 Å². The maximum Gasteiger partial charge on any atom is 0.338 e. The molecule has 0 aliphatic heterocycles. The molecule has 4 nitrogen and oxygen atoms in total. The lowest BCUT2D eigenvalue weighted by atomic mass is 9.93. The van der Waals surface area contributed by atoms with E-state index in [4.69, 9.17) is 9.47 Å². The highest BCUT2D eigenvalue weighted by Gasteiger charge is 2.18. The van der Waals surface area contributed by atoms with Gasteiger partial charge in [0.15, 0.2) is 11.6 Å². The van der Waals surface area contributed by atoms with Crippen LogP contribution in [-0.4, -0.2) is 24.8 Å². The van der Waals surface area contributed by atoms with Crippen molar-refractivity contribution < 1.29 is 23.8 Å². The molecule has 4 aromatic rings. The number of halogens is 1. The van der Waals surface area contributed by atoms with Crippen LogP contribution in [0.3, 0.4) is 0 Å². The number of rotatable bonds is 6. The number of benzene rings is 4. The van der Waals surface area contributed by atoms with Crippen molar-refractivity contribution in [3.05, 3.63) is 95.8 Å². The monoisotopic (exact) mass is 456 g/mol. The quantitative estimate of drug-likeness (QED) is 0.317. The molecule has 4 aromatic carbocycles. The standard InChI is InChI=1S/C29H25FO4/c1-4-34-29(32)25-15-20(19-7-5-18(2)6-8-19)9-12-23(25)22-10-13-24(28(17-22)33-3)21-11-14-27(31)26(30)16-21/h5-17,31H,4H2,1-3H3. The lowest BCUT2D eigenvalue weighted by Gasteiger charge is -2.15. The van der Waals surface area contributed by atoms with Crippen molar-refractivity contribution >= 4 is 5.97 Å². The van der Waals surface area contributed by atoms with Crippen LogP contribution in [0, 0.1) is 12.7 Å². The number of carbonyl (C=O) groups excluding carboxylic acids is 1. The first-order chi connectivity index (χ1) is 16.4. The Balaban J connectivity index is 1.81. The first-order valence-corrected chi connectivity index (χ1v) is 11.0. The van der Waals surface area contributed by atoms with Gasteiger partial charge in [-0.3, -0.25) is 0 Å². The topological polar surface area (TPSA) is 55.8 Å². The maximum absolute atomic E-state index is 13.9. The normalized spacial score (nSPS) is 10.7. The highest BCUT2D eigenvalue weighted by Crippen LogP contribution is 2.37. The average molecular weight is 457 g/mol. The SMILES string of the molecule is CCOC(=O)c1cc(-c2ccc(C)cc2)ccc1-c1ccc(-c2ccc(O)c(F)c2)c(OC)c1. The Morgan fingerprint density at radius 1 is 0.824 bits per heavy atom. The second kappa shape index (κ2) is 9.79. The molecule has 0 fully saturated rings. The smallest absolute Gasteiger partial charge is 0.338 e. The molecule has 0 unspecified atom stereocenters. The molecule has 0 saturated carbocycles. The van der Waals surface area contributed by atoms with E-state index in [9.17, 15) is 14.3 Å². The van der Waals surface area contributed by atoms with Crippen LogP contribution in [0.4, 0.5) is 4.39 Å². The molecular formula is C29H25FO4. The molecule has 5 heteroatoms. The fourth-order valence-corrected chi connectivity index (χ4v) is 3.87. The third-order valence-electron chi connectivity index (χ3n) is 5.67. The molecule has 0 aliphatic carbocycles. The third-order valence-corrected chi connectivity index (χ3v) is 5.67. The number of ether oxygens (including phenoxy) is 2. The van der Waals surface area contributed by atoms with Gasteiger partial charge in [0.25, 0.3) is 0 Å². The molecule has 1 N–H and O–H groups in total. The second-order valence-electron chi connectivity index (χ2n) is 7.93. The summed E-state index contributed by atoms with van der Waals surface area (Å²) in [4.78, 5) is 12.9. The first-order valence-electron chi connectivity index (χ1n) is 11.0. The van der Waals surface area contributed by atoms with E-state index >= 15 is 0 Å². The van der Waals surface area contributed by atoms with Gasteiger partial charge in [0, 0.05) is 5.56 Å². The van der Waals surface area contributed by atoms with E-state index in [-0.39, 0.29) is 6.61 Å². The van der Waals surface area contributed by atoms with Gasteiger partial charge in [-0.25, -0.2) is 9.18 Å².